The van der Waals surface area contributed by atoms with Crippen molar-refractivity contribution in [1.29, 1.82) is 0 Å². The van der Waals surface area contributed by atoms with Crippen LogP contribution in [0.15, 0.2) is 52.1 Å². The van der Waals surface area contributed by atoms with Crippen molar-refractivity contribution in [1.82, 2.24) is 4.90 Å². The van der Waals surface area contributed by atoms with E-state index in [1.807, 2.05) is 27.8 Å². The second kappa shape index (κ2) is 6.01. The number of hydrogen-bond acceptors (Lipinski definition) is 4. The molecule has 2 saturated heterocycles. The Balaban J connectivity index is 1.58. The maximum atomic E-state index is 12.9. The molecule has 0 spiro atoms. The molecule has 6 heteroatoms. The Morgan fingerprint density at radius 3 is 2.29 bits per heavy atom. The number of rotatable bonds is 3. The van der Waals surface area contributed by atoms with Gasteiger partial charge in [0.25, 0.3) is 5.91 Å². The molecule has 126 valence electrons. The molecule has 0 aliphatic carbocycles. The molecule has 4 nitrogen and oxygen atoms in total. The number of carbonyl (C=O) groups is 1. The van der Waals surface area contributed by atoms with Gasteiger partial charge in [-0.1, -0.05) is 18.2 Å². The van der Waals surface area contributed by atoms with Gasteiger partial charge in [-0.25, -0.2) is 8.42 Å². The highest BCUT2D eigenvalue weighted by atomic mass is 32.2. The fourth-order valence-electron chi connectivity index (χ4n) is 4.05. The molecule has 2 bridgehead atoms. The van der Waals surface area contributed by atoms with E-state index in [-0.39, 0.29) is 23.2 Å². The van der Waals surface area contributed by atoms with E-state index >= 15 is 0 Å². The summed E-state index contributed by atoms with van der Waals surface area (Å²) in [5.74, 6) is 0.0549. The van der Waals surface area contributed by atoms with Crippen molar-refractivity contribution < 1.29 is 13.2 Å². The van der Waals surface area contributed by atoms with Crippen LogP contribution in [0.2, 0.25) is 0 Å². The zero-order valence-electron chi connectivity index (χ0n) is 13.2. The minimum absolute atomic E-state index is 0.0413. The molecule has 0 saturated carbocycles. The van der Waals surface area contributed by atoms with E-state index in [0.29, 0.717) is 17.7 Å². The highest BCUT2D eigenvalue weighted by Gasteiger charge is 2.47. The molecule has 1 aromatic carbocycles. The quantitative estimate of drug-likeness (QED) is 0.842. The second-order valence-electron chi connectivity index (χ2n) is 6.56. The summed E-state index contributed by atoms with van der Waals surface area (Å²) in [6.07, 6.45) is 2.90. The Morgan fingerprint density at radius 2 is 1.71 bits per heavy atom. The molecule has 3 heterocycles. The van der Waals surface area contributed by atoms with Crippen molar-refractivity contribution in [2.75, 3.05) is 0 Å². The smallest absolute Gasteiger partial charge is 0.255 e. The third-order valence-electron chi connectivity index (χ3n) is 5.20. The largest absolute Gasteiger partial charge is 0.333 e. The number of benzene rings is 1. The lowest BCUT2D eigenvalue weighted by atomic mass is 10.0. The van der Waals surface area contributed by atoms with Gasteiger partial charge in [0, 0.05) is 17.5 Å². The van der Waals surface area contributed by atoms with E-state index in [2.05, 4.69) is 0 Å². The number of thiophene rings is 1. The molecular weight excluding hydrogens is 342 g/mol. The first-order valence-corrected chi connectivity index (χ1v) is 10.7. The molecule has 2 fully saturated rings. The third kappa shape index (κ3) is 2.58. The third-order valence-corrected chi connectivity index (χ3v) is 8.08. The van der Waals surface area contributed by atoms with E-state index in [0.717, 1.165) is 18.4 Å². The first-order valence-electron chi connectivity index (χ1n) is 8.21. The van der Waals surface area contributed by atoms with E-state index < -0.39 is 9.84 Å². The predicted molar refractivity (Wildman–Crippen MR) is 93.9 cm³/mol. The summed E-state index contributed by atoms with van der Waals surface area (Å²) in [6.45, 7) is 0. The van der Waals surface area contributed by atoms with Crippen LogP contribution in [0.5, 0.6) is 0 Å². The van der Waals surface area contributed by atoms with E-state index in [1.165, 1.54) is 11.3 Å². The highest BCUT2D eigenvalue weighted by Crippen LogP contribution is 2.40. The number of sulfone groups is 1. The first kappa shape index (κ1) is 15.8. The summed E-state index contributed by atoms with van der Waals surface area (Å²) in [5.41, 5.74) is 0.723. The lowest BCUT2D eigenvalue weighted by Crippen LogP contribution is -2.49. The van der Waals surface area contributed by atoms with Gasteiger partial charge in [-0.3, -0.25) is 4.79 Å². The van der Waals surface area contributed by atoms with Gasteiger partial charge in [-0.2, -0.15) is 11.3 Å². The Morgan fingerprint density at radius 1 is 1.04 bits per heavy atom. The van der Waals surface area contributed by atoms with Gasteiger partial charge < -0.3 is 4.90 Å². The number of amides is 1. The lowest BCUT2D eigenvalue weighted by molar-refractivity contribution is 0.0599. The van der Waals surface area contributed by atoms with Crippen molar-refractivity contribution in [3.8, 4) is 0 Å². The molecule has 1 aromatic heterocycles. The van der Waals surface area contributed by atoms with Gasteiger partial charge in [0.2, 0.25) is 0 Å². The Labute approximate surface area is 146 Å². The van der Waals surface area contributed by atoms with Gasteiger partial charge in [-0.05, 0) is 49.3 Å². The van der Waals surface area contributed by atoms with Crippen molar-refractivity contribution >= 4 is 27.1 Å². The topological polar surface area (TPSA) is 54.5 Å². The van der Waals surface area contributed by atoms with E-state index in [1.54, 1.807) is 24.3 Å². The zero-order chi connectivity index (χ0) is 16.7. The van der Waals surface area contributed by atoms with Gasteiger partial charge in [0.15, 0.2) is 9.84 Å². The first-order chi connectivity index (χ1) is 11.6. The molecule has 1 unspecified atom stereocenters. The molecule has 2 aliphatic heterocycles. The summed E-state index contributed by atoms with van der Waals surface area (Å²) < 4.78 is 25.8. The van der Waals surface area contributed by atoms with Crippen molar-refractivity contribution in [2.45, 2.75) is 47.9 Å². The van der Waals surface area contributed by atoms with E-state index in [9.17, 15) is 13.2 Å². The summed E-state index contributed by atoms with van der Waals surface area (Å²) in [5, 5.41) is 3.39. The number of fused-ring (bicyclic) bond motifs is 2. The second-order valence-corrected chi connectivity index (χ2v) is 9.57. The molecule has 1 amide bonds. The minimum atomic E-state index is -3.33. The monoisotopic (exact) mass is 361 g/mol. The predicted octanol–water partition coefficient (Wildman–Crippen LogP) is 3.36. The lowest BCUT2D eigenvalue weighted by Gasteiger charge is -2.38. The zero-order valence-corrected chi connectivity index (χ0v) is 14.8. The maximum Gasteiger partial charge on any atom is 0.255 e. The number of nitrogens with zero attached hydrogens (tertiary/aromatic N) is 1. The maximum absolute atomic E-state index is 12.9. The standard InChI is InChI=1S/C18H19NO3S2/c20-18(13-8-9-23-12-13)19-14-6-7-15(19)11-17(10-14)24(21,22)16-4-2-1-3-5-16/h1-5,8-9,12,14-15,17H,6-7,10-11H2/t14-,15+,17?. The Kier molecular flexibility index (Phi) is 3.96. The fourth-order valence-corrected chi connectivity index (χ4v) is 6.55. The van der Waals surface area contributed by atoms with Crippen LogP contribution in [0.25, 0.3) is 0 Å². The molecule has 4 rings (SSSR count). The van der Waals surface area contributed by atoms with Gasteiger partial charge in [-0.15, -0.1) is 0 Å². The van der Waals surface area contributed by atoms with Crippen LogP contribution in [0.3, 0.4) is 0 Å². The van der Waals surface area contributed by atoms with Crippen LogP contribution >= 0.6 is 11.3 Å². The van der Waals surface area contributed by atoms with Gasteiger partial charge >= 0.3 is 0 Å². The molecule has 2 aromatic rings. The van der Waals surface area contributed by atoms with Crippen LogP contribution in [0.1, 0.15) is 36.0 Å². The summed E-state index contributed by atoms with van der Waals surface area (Å²) in [4.78, 5) is 15.1. The van der Waals surface area contributed by atoms with Gasteiger partial charge in [0.1, 0.15) is 0 Å². The van der Waals surface area contributed by atoms with Crippen molar-refractivity contribution in [3.63, 3.8) is 0 Å². The van der Waals surface area contributed by atoms with Crippen LogP contribution in [-0.4, -0.2) is 36.6 Å². The molecule has 0 radical (unpaired) electrons. The minimum Gasteiger partial charge on any atom is -0.333 e. The van der Waals surface area contributed by atoms with Crippen molar-refractivity contribution in [2.24, 2.45) is 0 Å². The normalized spacial score (nSPS) is 26.5. The van der Waals surface area contributed by atoms with Gasteiger partial charge in [0.05, 0.1) is 15.7 Å². The van der Waals surface area contributed by atoms with Crippen LogP contribution < -0.4 is 0 Å². The average molecular weight is 361 g/mol. The summed E-state index contributed by atoms with van der Waals surface area (Å²) >= 11 is 1.51. The molecule has 0 N–H and O–H groups in total. The molecule has 24 heavy (non-hydrogen) atoms. The van der Waals surface area contributed by atoms with Crippen LogP contribution in [0.4, 0.5) is 0 Å². The Hall–Kier alpha value is -1.66. The van der Waals surface area contributed by atoms with Crippen molar-refractivity contribution in [3.05, 3.63) is 52.7 Å². The molecule has 2 aliphatic rings. The molecular formula is C18H19NO3S2. The van der Waals surface area contributed by atoms with Crippen LogP contribution in [0, 0.1) is 0 Å². The Bertz CT molecular complexity index is 816. The van der Waals surface area contributed by atoms with E-state index in [4.69, 9.17) is 0 Å². The average Bonchev–Trinajstić information content (AvgIpc) is 3.21. The number of piperidine rings is 1. The fraction of sp³-hybridized carbons (Fsp3) is 0.389. The summed E-state index contributed by atoms with van der Waals surface area (Å²) in [7, 11) is -3.33. The number of carbonyl (C=O) groups excluding carboxylic acids is 1. The highest BCUT2D eigenvalue weighted by molar-refractivity contribution is 7.92. The SMILES string of the molecule is O=C(c1ccsc1)N1[C@@H]2CC[C@H]1CC(S(=O)(=O)c1ccccc1)C2. The van der Waals surface area contributed by atoms with Crippen LogP contribution in [-0.2, 0) is 9.84 Å². The number of hydrogen-bond donors (Lipinski definition) is 0. The molecule has 3 atom stereocenters. The summed E-state index contributed by atoms with van der Waals surface area (Å²) in [6, 6.07) is 10.6.